The van der Waals surface area contributed by atoms with Gasteiger partial charge in [0.05, 0.1) is 4.90 Å². The Morgan fingerprint density at radius 2 is 2.07 bits per heavy atom. The molecule has 1 rings (SSSR count). The highest BCUT2D eigenvalue weighted by atomic mass is 35.7. The van der Waals surface area contributed by atoms with Crippen molar-refractivity contribution >= 4 is 31.3 Å². The monoisotopic (exact) mass is 250 g/mol. The quantitative estimate of drug-likeness (QED) is 0.611. The molecule has 0 unspecified atom stereocenters. The summed E-state index contributed by atoms with van der Waals surface area (Å²) in [6.45, 7) is 3.57. The molecule has 1 aromatic rings. The molecule has 0 spiro atoms. The van der Waals surface area contributed by atoms with Crippen molar-refractivity contribution in [3.8, 4) is 0 Å². The van der Waals surface area contributed by atoms with Gasteiger partial charge in [0.25, 0.3) is 9.05 Å². The van der Waals surface area contributed by atoms with Crippen molar-refractivity contribution in [2.45, 2.75) is 11.3 Å². The summed E-state index contributed by atoms with van der Waals surface area (Å²) in [5, 5.41) is 0.381. The van der Waals surface area contributed by atoms with E-state index in [-0.39, 0.29) is 4.90 Å². The van der Waals surface area contributed by atoms with Crippen LogP contribution in [-0.2, 0) is 15.5 Å². The standard InChI is InChI=1S/C9H8Cl2O2S/c1-2-3-7-4-5-8(6-9(7)10)14(11,12)13/h2,4-6H,1,3H2. The Balaban J connectivity index is 3.19. The summed E-state index contributed by atoms with van der Waals surface area (Å²) in [4.78, 5) is 0.0111. The maximum absolute atomic E-state index is 10.9. The lowest BCUT2D eigenvalue weighted by atomic mass is 10.1. The van der Waals surface area contributed by atoms with Crippen LogP contribution in [0.4, 0.5) is 0 Å². The Labute approximate surface area is 92.6 Å². The van der Waals surface area contributed by atoms with Crippen LogP contribution in [-0.4, -0.2) is 8.42 Å². The second kappa shape index (κ2) is 4.34. The van der Waals surface area contributed by atoms with Crippen LogP contribution < -0.4 is 0 Å². The molecule has 0 amide bonds. The van der Waals surface area contributed by atoms with Crippen LogP contribution in [0.25, 0.3) is 0 Å². The number of hydrogen-bond acceptors (Lipinski definition) is 2. The van der Waals surface area contributed by atoms with E-state index in [1.807, 2.05) is 0 Å². The smallest absolute Gasteiger partial charge is 0.207 e. The zero-order chi connectivity index (χ0) is 10.8. The third-order valence-electron chi connectivity index (χ3n) is 1.67. The van der Waals surface area contributed by atoms with E-state index in [0.29, 0.717) is 11.4 Å². The van der Waals surface area contributed by atoms with Crippen LogP contribution in [0.15, 0.2) is 35.7 Å². The van der Waals surface area contributed by atoms with Gasteiger partial charge in [-0.2, -0.15) is 0 Å². The van der Waals surface area contributed by atoms with Crippen LogP contribution in [0.1, 0.15) is 5.56 Å². The summed E-state index contributed by atoms with van der Waals surface area (Å²) in [6.07, 6.45) is 2.29. The Kier molecular flexibility index (Phi) is 3.59. The average molecular weight is 251 g/mol. The fourth-order valence-corrected chi connectivity index (χ4v) is 2.10. The molecule has 1 aromatic carbocycles. The van der Waals surface area contributed by atoms with Gasteiger partial charge in [-0.25, -0.2) is 8.42 Å². The first-order valence-corrected chi connectivity index (χ1v) is 6.48. The van der Waals surface area contributed by atoms with E-state index in [0.717, 1.165) is 5.56 Å². The van der Waals surface area contributed by atoms with Crippen LogP contribution >= 0.6 is 22.3 Å². The van der Waals surface area contributed by atoms with Gasteiger partial charge >= 0.3 is 0 Å². The van der Waals surface area contributed by atoms with Crippen molar-refractivity contribution in [1.29, 1.82) is 0 Å². The van der Waals surface area contributed by atoms with Gasteiger partial charge in [0.15, 0.2) is 0 Å². The van der Waals surface area contributed by atoms with Gasteiger partial charge < -0.3 is 0 Å². The highest BCUT2D eigenvalue weighted by Gasteiger charge is 2.11. The van der Waals surface area contributed by atoms with Gasteiger partial charge in [-0.3, -0.25) is 0 Å². The highest BCUT2D eigenvalue weighted by Crippen LogP contribution is 2.23. The van der Waals surface area contributed by atoms with Crippen molar-refractivity contribution in [3.05, 3.63) is 41.4 Å². The lowest BCUT2D eigenvalue weighted by molar-refractivity contribution is 0.609. The maximum atomic E-state index is 10.9. The third kappa shape index (κ3) is 2.74. The van der Waals surface area contributed by atoms with Crippen molar-refractivity contribution < 1.29 is 8.42 Å². The molecule has 0 fully saturated rings. The van der Waals surface area contributed by atoms with E-state index in [4.69, 9.17) is 22.3 Å². The summed E-state index contributed by atoms with van der Waals surface area (Å²) in [7, 11) is 1.46. The summed E-state index contributed by atoms with van der Waals surface area (Å²) in [6, 6.07) is 4.38. The fourth-order valence-electron chi connectivity index (χ4n) is 1.00. The molecule has 0 aliphatic heterocycles. The molecule has 0 N–H and O–H groups in total. The van der Waals surface area contributed by atoms with Gasteiger partial charge in [-0.15, -0.1) is 6.58 Å². The number of halogens is 2. The van der Waals surface area contributed by atoms with Crippen LogP contribution in [0.2, 0.25) is 5.02 Å². The lowest BCUT2D eigenvalue weighted by Gasteiger charge is -2.02. The van der Waals surface area contributed by atoms with E-state index in [2.05, 4.69) is 6.58 Å². The normalized spacial score (nSPS) is 11.3. The molecule has 0 heterocycles. The molecule has 0 radical (unpaired) electrons. The van der Waals surface area contributed by atoms with Gasteiger partial charge in [0.2, 0.25) is 0 Å². The first-order chi connectivity index (χ1) is 6.45. The van der Waals surface area contributed by atoms with Gasteiger partial charge in [-0.05, 0) is 24.1 Å². The topological polar surface area (TPSA) is 34.1 Å². The molecule has 0 aromatic heterocycles. The van der Waals surface area contributed by atoms with E-state index < -0.39 is 9.05 Å². The zero-order valence-corrected chi connectivity index (χ0v) is 9.53. The van der Waals surface area contributed by atoms with E-state index in [1.165, 1.54) is 12.1 Å². The van der Waals surface area contributed by atoms with Gasteiger partial charge in [0, 0.05) is 15.7 Å². The van der Waals surface area contributed by atoms with Crippen LogP contribution in [0.5, 0.6) is 0 Å². The average Bonchev–Trinajstić information content (AvgIpc) is 2.07. The molecule has 5 heteroatoms. The van der Waals surface area contributed by atoms with E-state index in [1.54, 1.807) is 12.1 Å². The van der Waals surface area contributed by atoms with Crippen molar-refractivity contribution in [2.24, 2.45) is 0 Å². The zero-order valence-electron chi connectivity index (χ0n) is 7.20. The minimum atomic E-state index is -3.70. The molecule has 0 aliphatic carbocycles. The molecule has 0 aliphatic rings. The molecule has 2 nitrogen and oxygen atoms in total. The minimum Gasteiger partial charge on any atom is -0.207 e. The fraction of sp³-hybridized carbons (Fsp3) is 0.111. The van der Waals surface area contributed by atoms with Crippen molar-refractivity contribution in [2.75, 3.05) is 0 Å². The van der Waals surface area contributed by atoms with E-state index >= 15 is 0 Å². The minimum absolute atomic E-state index is 0.0111. The van der Waals surface area contributed by atoms with Gasteiger partial charge in [0.1, 0.15) is 0 Å². The second-order valence-corrected chi connectivity index (χ2v) is 5.66. The molecule has 0 saturated heterocycles. The lowest BCUT2D eigenvalue weighted by Crippen LogP contribution is -1.92. The number of benzene rings is 1. The molecule has 14 heavy (non-hydrogen) atoms. The SMILES string of the molecule is C=CCc1ccc(S(=O)(=O)Cl)cc1Cl. The molecule has 76 valence electrons. The third-order valence-corrected chi connectivity index (χ3v) is 3.37. The molecule has 0 bridgehead atoms. The Hall–Kier alpha value is -0.510. The Morgan fingerprint density at radius 3 is 2.50 bits per heavy atom. The molecule has 0 atom stereocenters. The predicted octanol–water partition coefficient (Wildman–Crippen LogP) is 3.00. The van der Waals surface area contributed by atoms with Gasteiger partial charge in [-0.1, -0.05) is 23.7 Å². The number of rotatable bonds is 3. The first kappa shape index (κ1) is 11.6. The molecular formula is C9H8Cl2O2S. The van der Waals surface area contributed by atoms with Crippen molar-refractivity contribution in [3.63, 3.8) is 0 Å². The number of allylic oxidation sites excluding steroid dienone is 1. The highest BCUT2D eigenvalue weighted by molar-refractivity contribution is 8.13. The summed E-state index contributed by atoms with van der Waals surface area (Å²) < 4.78 is 21.9. The van der Waals surface area contributed by atoms with Crippen molar-refractivity contribution in [1.82, 2.24) is 0 Å². The summed E-state index contributed by atoms with van der Waals surface area (Å²) in [5.74, 6) is 0. The summed E-state index contributed by atoms with van der Waals surface area (Å²) >= 11 is 5.84. The van der Waals surface area contributed by atoms with E-state index in [9.17, 15) is 8.42 Å². The Bertz CT molecular complexity index is 452. The largest absolute Gasteiger partial charge is 0.261 e. The summed E-state index contributed by atoms with van der Waals surface area (Å²) in [5.41, 5.74) is 0.825. The Morgan fingerprint density at radius 1 is 1.43 bits per heavy atom. The van der Waals surface area contributed by atoms with Crippen LogP contribution in [0.3, 0.4) is 0 Å². The molecular weight excluding hydrogens is 243 g/mol. The predicted molar refractivity (Wildman–Crippen MR) is 58.4 cm³/mol. The first-order valence-electron chi connectivity index (χ1n) is 3.79. The second-order valence-electron chi connectivity index (χ2n) is 2.68. The maximum Gasteiger partial charge on any atom is 0.261 e. The number of hydrogen-bond donors (Lipinski definition) is 0. The van der Waals surface area contributed by atoms with Crippen LogP contribution in [0, 0.1) is 0 Å². The molecule has 0 saturated carbocycles.